The highest BCUT2D eigenvalue weighted by Crippen LogP contribution is 2.20. The van der Waals surface area contributed by atoms with Gasteiger partial charge < -0.3 is 24.8 Å². The minimum atomic E-state index is -0.801. The predicted octanol–water partition coefficient (Wildman–Crippen LogP) is 3.18. The Morgan fingerprint density at radius 2 is 1.83 bits per heavy atom. The molecule has 1 aromatic heterocycles. The van der Waals surface area contributed by atoms with E-state index >= 15 is 0 Å². The van der Waals surface area contributed by atoms with Gasteiger partial charge in [-0.3, -0.25) is 9.59 Å². The average molecular weight is 492 g/mol. The summed E-state index contributed by atoms with van der Waals surface area (Å²) in [7, 11) is 1.61. The molecule has 2 N–H and O–H groups in total. The lowest BCUT2D eigenvalue weighted by Crippen LogP contribution is -2.49. The van der Waals surface area contributed by atoms with Crippen molar-refractivity contribution in [2.45, 2.75) is 45.1 Å². The first-order valence-electron chi connectivity index (χ1n) is 12.2. The zero-order valence-corrected chi connectivity index (χ0v) is 20.9. The standard InChI is InChI=1S/C28H33N3O5/c1-18(2)14-24(30-27(33)23-13-10-20-6-4-5-7-22(20)29-23)28(34)31-15-25(32)26(16-31)36-17-19-8-11-21(35-3)12-9-19/h4-13,18,24-26,32H,14-17H2,1-3H3,(H,30,33)/t24-,25?,26?/m0/s1. The van der Waals surface area contributed by atoms with Crippen LogP contribution < -0.4 is 10.1 Å². The Hall–Kier alpha value is -3.49. The number of likely N-dealkylation sites (tertiary alicyclic amines) is 1. The number of ether oxygens (including phenoxy) is 2. The number of hydrogen-bond acceptors (Lipinski definition) is 6. The van der Waals surface area contributed by atoms with E-state index in [9.17, 15) is 14.7 Å². The fourth-order valence-electron chi connectivity index (χ4n) is 4.36. The number of methoxy groups -OCH3 is 1. The average Bonchev–Trinajstić information content (AvgIpc) is 3.26. The predicted molar refractivity (Wildman–Crippen MR) is 137 cm³/mol. The molecule has 0 bridgehead atoms. The number of para-hydroxylation sites is 1. The van der Waals surface area contributed by atoms with E-state index in [0.717, 1.165) is 22.2 Å². The van der Waals surface area contributed by atoms with Crippen LogP contribution in [0.25, 0.3) is 10.9 Å². The van der Waals surface area contributed by atoms with Gasteiger partial charge in [-0.15, -0.1) is 0 Å². The highest BCUT2D eigenvalue weighted by atomic mass is 16.5. The van der Waals surface area contributed by atoms with Gasteiger partial charge in [-0.25, -0.2) is 4.98 Å². The monoisotopic (exact) mass is 491 g/mol. The Balaban J connectivity index is 1.39. The molecule has 0 aliphatic carbocycles. The van der Waals surface area contributed by atoms with E-state index < -0.39 is 24.2 Å². The molecule has 1 aliphatic rings. The van der Waals surface area contributed by atoms with Crippen LogP contribution in [0.1, 0.15) is 36.3 Å². The van der Waals surface area contributed by atoms with Crippen LogP contribution in [0.5, 0.6) is 5.75 Å². The molecule has 2 heterocycles. The smallest absolute Gasteiger partial charge is 0.270 e. The second kappa shape index (κ2) is 11.5. The second-order valence-electron chi connectivity index (χ2n) is 9.55. The number of nitrogens with zero attached hydrogens (tertiary/aromatic N) is 2. The number of aromatic nitrogens is 1. The van der Waals surface area contributed by atoms with E-state index in [1.54, 1.807) is 18.1 Å². The van der Waals surface area contributed by atoms with Crippen molar-refractivity contribution >= 4 is 22.7 Å². The van der Waals surface area contributed by atoms with Crippen LogP contribution in [0, 0.1) is 5.92 Å². The number of hydrogen-bond donors (Lipinski definition) is 2. The number of aliphatic hydroxyl groups excluding tert-OH is 1. The molecular formula is C28H33N3O5. The molecule has 1 saturated heterocycles. The number of pyridine rings is 1. The first kappa shape index (κ1) is 25.6. The molecule has 190 valence electrons. The number of fused-ring (bicyclic) bond motifs is 1. The normalized spacial score (nSPS) is 18.4. The lowest BCUT2D eigenvalue weighted by atomic mass is 10.0. The fraction of sp³-hybridized carbons (Fsp3) is 0.393. The minimum Gasteiger partial charge on any atom is -0.497 e. The molecule has 36 heavy (non-hydrogen) atoms. The summed E-state index contributed by atoms with van der Waals surface area (Å²) >= 11 is 0. The molecular weight excluding hydrogens is 458 g/mol. The summed E-state index contributed by atoms with van der Waals surface area (Å²) in [6, 6.07) is 17.9. The van der Waals surface area contributed by atoms with Gasteiger partial charge in [-0.2, -0.15) is 0 Å². The van der Waals surface area contributed by atoms with E-state index in [-0.39, 0.29) is 30.6 Å². The molecule has 0 spiro atoms. The molecule has 0 saturated carbocycles. The zero-order valence-electron chi connectivity index (χ0n) is 20.9. The van der Waals surface area contributed by atoms with Crippen molar-refractivity contribution in [3.63, 3.8) is 0 Å². The van der Waals surface area contributed by atoms with Gasteiger partial charge in [-0.1, -0.05) is 50.2 Å². The summed E-state index contributed by atoms with van der Waals surface area (Å²) in [6.45, 7) is 4.73. The first-order valence-corrected chi connectivity index (χ1v) is 12.2. The zero-order chi connectivity index (χ0) is 25.7. The topological polar surface area (TPSA) is 101 Å². The van der Waals surface area contributed by atoms with Crippen molar-refractivity contribution in [1.29, 1.82) is 0 Å². The molecule has 1 fully saturated rings. The molecule has 2 amide bonds. The van der Waals surface area contributed by atoms with Gasteiger partial charge in [0.15, 0.2) is 0 Å². The van der Waals surface area contributed by atoms with Gasteiger partial charge in [0.25, 0.3) is 5.91 Å². The number of β-amino-alcohol motifs (C(OH)–C–C–N with tert-alkyl or cyclic N) is 1. The van der Waals surface area contributed by atoms with Crippen LogP contribution in [0.15, 0.2) is 60.7 Å². The molecule has 8 heteroatoms. The third-order valence-electron chi connectivity index (χ3n) is 6.31. The minimum absolute atomic E-state index is 0.158. The quantitative estimate of drug-likeness (QED) is 0.477. The summed E-state index contributed by atoms with van der Waals surface area (Å²) in [4.78, 5) is 32.4. The molecule has 2 aromatic carbocycles. The molecule has 8 nitrogen and oxygen atoms in total. The molecule has 4 rings (SSSR count). The van der Waals surface area contributed by atoms with Crippen molar-refractivity contribution in [1.82, 2.24) is 15.2 Å². The van der Waals surface area contributed by atoms with Crippen molar-refractivity contribution in [3.05, 3.63) is 71.9 Å². The number of amides is 2. The lowest BCUT2D eigenvalue weighted by Gasteiger charge is -2.25. The van der Waals surface area contributed by atoms with Crippen molar-refractivity contribution in [3.8, 4) is 5.75 Å². The highest BCUT2D eigenvalue weighted by molar-refractivity contribution is 5.97. The second-order valence-corrected chi connectivity index (χ2v) is 9.55. The molecule has 1 aliphatic heterocycles. The number of carbonyl (C=O) groups is 2. The maximum Gasteiger partial charge on any atom is 0.270 e. The van der Waals surface area contributed by atoms with E-state index in [4.69, 9.17) is 9.47 Å². The molecule has 3 atom stereocenters. The summed E-state index contributed by atoms with van der Waals surface area (Å²) in [5, 5.41) is 14.4. The third-order valence-corrected chi connectivity index (χ3v) is 6.31. The summed E-state index contributed by atoms with van der Waals surface area (Å²) in [5.41, 5.74) is 1.93. The van der Waals surface area contributed by atoms with Crippen molar-refractivity contribution < 1.29 is 24.2 Å². The van der Waals surface area contributed by atoms with Gasteiger partial charge in [-0.05, 0) is 42.2 Å². The Morgan fingerprint density at radius 3 is 2.56 bits per heavy atom. The van der Waals surface area contributed by atoms with E-state index in [0.29, 0.717) is 13.0 Å². The van der Waals surface area contributed by atoms with Crippen LogP contribution in [0.4, 0.5) is 0 Å². The molecule has 2 unspecified atom stereocenters. The third kappa shape index (κ3) is 6.19. The van der Waals surface area contributed by atoms with Crippen molar-refractivity contribution in [2.75, 3.05) is 20.2 Å². The van der Waals surface area contributed by atoms with Crippen LogP contribution >= 0.6 is 0 Å². The van der Waals surface area contributed by atoms with Gasteiger partial charge in [0.05, 0.1) is 25.3 Å². The largest absolute Gasteiger partial charge is 0.497 e. The van der Waals surface area contributed by atoms with Crippen LogP contribution in [-0.2, 0) is 16.1 Å². The summed E-state index contributed by atoms with van der Waals surface area (Å²) < 4.78 is 11.1. The maximum absolute atomic E-state index is 13.4. The van der Waals surface area contributed by atoms with Crippen LogP contribution in [0.2, 0.25) is 0 Å². The van der Waals surface area contributed by atoms with Gasteiger partial charge >= 0.3 is 0 Å². The Bertz CT molecular complexity index is 1200. The molecule has 0 radical (unpaired) electrons. The summed E-state index contributed by atoms with van der Waals surface area (Å²) in [5.74, 6) is 0.311. The van der Waals surface area contributed by atoms with Gasteiger partial charge in [0.1, 0.15) is 23.6 Å². The Labute approximate surface area is 211 Å². The fourth-order valence-corrected chi connectivity index (χ4v) is 4.36. The number of nitrogens with one attached hydrogen (secondary N) is 1. The number of aliphatic hydroxyl groups is 1. The molecule has 3 aromatic rings. The van der Waals surface area contributed by atoms with Gasteiger partial charge in [0, 0.05) is 18.5 Å². The maximum atomic E-state index is 13.4. The number of benzene rings is 2. The van der Waals surface area contributed by atoms with Crippen molar-refractivity contribution in [2.24, 2.45) is 5.92 Å². The van der Waals surface area contributed by atoms with Crippen LogP contribution in [0.3, 0.4) is 0 Å². The van der Waals surface area contributed by atoms with Crippen LogP contribution in [-0.4, -0.2) is 65.3 Å². The highest BCUT2D eigenvalue weighted by Gasteiger charge is 2.38. The Kier molecular flexibility index (Phi) is 8.18. The van der Waals surface area contributed by atoms with Gasteiger partial charge in [0.2, 0.25) is 5.91 Å². The van der Waals surface area contributed by atoms with E-state index in [2.05, 4.69) is 10.3 Å². The van der Waals surface area contributed by atoms with E-state index in [1.165, 1.54) is 0 Å². The lowest BCUT2D eigenvalue weighted by molar-refractivity contribution is -0.133. The Morgan fingerprint density at radius 1 is 1.08 bits per heavy atom. The SMILES string of the molecule is COc1ccc(COC2CN(C(=O)[C@H](CC(C)C)NC(=O)c3ccc4ccccc4n3)CC2O)cc1. The first-order chi connectivity index (χ1) is 17.3. The van der Waals surface area contributed by atoms with E-state index in [1.807, 2.05) is 68.4 Å². The number of rotatable bonds is 9. The number of carbonyl (C=O) groups excluding carboxylic acids is 2. The summed E-state index contributed by atoms with van der Waals surface area (Å²) in [6.07, 6.45) is -0.833.